The first-order valence-electron chi connectivity index (χ1n) is 8.51. The van der Waals surface area contributed by atoms with Gasteiger partial charge in [0.25, 0.3) is 5.91 Å². The van der Waals surface area contributed by atoms with Crippen LogP contribution in [0.4, 0.5) is 0 Å². The molecule has 1 amide bonds. The van der Waals surface area contributed by atoms with E-state index in [1.165, 1.54) is 4.90 Å². The largest absolute Gasteiger partial charge is 0.464 e. The lowest BCUT2D eigenvalue weighted by Gasteiger charge is -2.28. The van der Waals surface area contributed by atoms with E-state index in [1.54, 1.807) is 32.0 Å². The maximum Gasteiger partial charge on any atom is 0.328 e. The highest BCUT2D eigenvalue weighted by atomic mass is 16.7. The first-order chi connectivity index (χ1) is 12.6. The third-order valence-corrected chi connectivity index (χ3v) is 4.17. The van der Waals surface area contributed by atoms with Gasteiger partial charge >= 0.3 is 5.97 Å². The Morgan fingerprint density at radius 1 is 1.12 bits per heavy atom. The molecule has 2 aromatic carbocycles. The fourth-order valence-electron chi connectivity index (χ4n) is 2.75. The van der Waals surface area contributed by atoms with Gasteiger partial charge in [0, 0.05) is 12.1 Å². The van der Waals surface area contributed by atoms with Crippen LogP contribution < -0.4 is 9.47 Å². The summed E-state index contributed by atoms with van der Waals surface area (Å²) in [7, 11) is 0. The summed E-state index contributed by atoms with van der Waals surface area (Å²) >= 11 is 0. The lowest BCUT2D eigenvalue weighted by molar-refractivity contribution is -0.148. The van der Waals surface area contributed by atoms with Crippen molar-refractivity contribution in [2.75, 3.05) is 13.4 Å². The molecular weight excluding hydrogens is 334 g/mol. The molecule has 6 heteroatoms. The van der Waals surface area contributed by atoms with Crippen molar-refractivity contribution in [3.8, 4) is 11.5 Å². The van der Waals surface area contributed by atoms with Crippen LogP contribution in [0.15, 0.2) is 48.5 Å². The first kappa shape index (κ1) is 17.8. The highest BCUT2D eigenvalue weighted by Crippen LogP contribution is 2.33. The van der Waals surface area contributed by atoms with Crippen LogP contribution >= 0.6 is 0 Å². The van der Waals surface area contributed by atoms with Gasteiger partial charge in [-0.1, -0.05) is 30.3 Å². The Kier molecular flexibility index (Phi) is 5.41. The van der Waals surface area contributed by atoms with Crippen LogP contribution in [-0.4, -0.2) is 36.2 Å². The Balaban J connectivity index is 1.88. The van der Waals surface area contributed by atoms with E-state index < -0.39 is 12.0 Å². The zero-order chi connectivity index (χ0) is 18.5. The Bertz CT molecular complexity index is 790. The molecular formula is C20H21NO5. The van der Waals surface area contributed by atoms with E-state index in [1.807, 2.05) is 30.3 Å². The summed E-state index contributed by atoms with van der Waals surface area (Å²) in [6.45, 7) is 4.12. The summed E-state index contributed by atoms with van der Waals surface area (Å²) < 4.78 is 15.7. The molecule has 0 spiro atoms. The Labute approximate surface area is 152 Å². The van der Waals surface area contributed by atoms with E-state index >= 15 is 0 Å². The lowest BCUT2D eigenvalue weighted by Crippen LogP contribution is -2.43. The molecule has 0 bridgehead atoms. The number of nitrogens with zero attached hydrogens (tertiary/aromatic N) is 1. The van der Waals surface area contributed by atoms with Crippen molar-refractivity contribution in [2.45, 2.75) is 26.4 Å². The van der Waals surface area contributed by atoms with Crippen molar-refractivity contribution in [3.05, 3.63) is 59.7 Å². The van der Waals surface area contributed by atoms with Gasteiger partial charge in [0.1, 0.15) is 6.04 Å². The number of rotatable bonds is 6. The highest BCUT2D eigenvalue weighted by Gasteiger charge is 2.29. The molecule has 136 valence electrons. The predicted molar refractivity (Wildman–Crippen MR) is 95.0 cm³/mol. The van der Waals surface area contributed by atoms with Gasteiger partial charge in [0.2, 0.25) is 6.79 Å². The molecule has 0 N–H and O–H groups in total. The Morgan fingerprint density at radius 3 is 2.58 bits per heavy atom. The fraction of sp³-hybridized carbons (Fsp3) is 0.300. The van der Waals surface area contributed by atoms with E-state index in [9.17, 15) is 9.59 Å². The van der Waals surface area contributed by atoms with Gasteiger partial charge in [-0.2, -0.15) is 0 Å². The summed E-state index contributed by atoms with van der Waals surface area (Å²) in [4.78, 5) is 26.9. The molecule has 1 unspecified atom stereocenters. The number of benzene rings is 2. The zero-order valence-corrected chi connectivity index (χ0v) is 14.8. The van der Waals surface area contributed by atoms with Crippen molar-refractivity contribution in [1.82, 2.24) is 4.90 Å². The minimum atomic E-state index is -0.715. The first-order valence-corrected chi connectivity index (χ1v) is 8.51. The second-order valence-corrected chi connectivity index (χ2v) is 5.91. The van der Waals surface area contributed by atoms with Crippen molar-refractivity contribution >= 4 is 11.9 Å². The fourth-order valence-corrected chi connectivity index (χ4v) is 2.75. The van der Waals surface area contributed by atoms with E-state index in [0.29, 0.717) is 23.6 Å². The number of amides is 1. The van der Waals surface area contributed by atoms with Crippen LogP contribution in [-0.2, 0) is 16.1 Å². The van der Waals surface area contributed by atoms with Gasteiger partial charge < -0.3 is 19.1 Å². The number of carbonyl (C=O) groups is 2. The lowest BCUT2D eigenvalue weighted by atomic mass is 10.1. The molecule has 0 aliphatic carbocycles. The van der Waals surface area contributed by atoms with Crippen molar-refractivity contribution < 1.29 is 23.8 Å². The van der Waals surface area contributed by atoms with Crippen LogP contribution in [0.5, 0.6) is 11.5 Å². The number of hydrogen-bond acceptors (Lipinski definition) is 5. The van der Waals surface area contributed by atoms with Gasteiger partial charge in [-0.05, 0) is 37.6 Å². The normalized spacial score (nSPS) is 13.2. The van der Waals surface area contributed by atoms with Crippen LogP contribution in [0.1, 0.15) is 29.8 Å². The van der Waals surface area contributed by atoms with E-state index in [4.69, 9.17) is 14.2 Å². The molecule has 0 fully saturated rings. The van der Waals surface area contributed by atoms with Crippen LogP contribution in [0.3, 0.4) is 0 Å². The van der Waals surface area contributed by atoms with Crippen LogP contribution in [0, 0.1) is 0 Å². The smallest absolute Gasteiger partial charge is 0.328 e. The molecule has 0 saturated carbocycles. The van der Waals surface area contributed by atoms with Gasteiger partial charge in [0.05, 0.1) is 6.61 Å². The minimum absolute atomic E-state index is 0.139. The zero-order valence-electron chi connectivity index (χ0n) is 14.8. The average molecular weight is 355 g/mol. The molecule has 0 radical (unpaired) electrons. The summed E-state index contributed by atoms with van der Waals surface area (Å²) in [5.74, 6) is 0.430. The molecule has 1 aliphatic heterocycles. The van der Waals surface area contributed by atoms with Gasteiger partial charge in [-0.25, -0.2) is 4.79 Å². The van der Waals surface area contributed by atoms with Gasteiger partial charge in [-0.3, -0.25) is 4.79 Å². The molecule has 0 saturated heterocycles. The Morgan fingerprint density at radius 2 is 1.85 bits per heavy atom. The standard InChI is InChI=1S/C20H21NO5/c1-3-24-20(23)14(2)21(12-15-7-5-4-6-8-15)19(22)16-9-10-17-18(11-16)26-13-25-17/h4-11,14H,3,12-13H2,1-2H3. The van der Waals surface area contributed by atoms with Crippen molar-refractivity contribution in [2.24, 2.45) is 0 Å². The summed E-state index contributed by atoms with van der Waals surface area (Å²) in [5.41, 5.74) is 1.36. The van der Waals surface area contributed by atoms with E-state index in [0.717, 1.165) is 5.56 Å². The quantitative estimate of drug-likeness (QED) is 0.745. The summed E-state index contributed by atoms with van der Waals surface area (Å²) in [5, 5.41) is 0. The molecule has 0 aromatic heterocycles. The average Bonchev–Trinajstić information content (AvgIpc) is 3.14. The molecule has 3 rings (SSSR count). The molecule has 1 aliphatic rings. The second kappa shape index (κ2) is 7.91. The van der Waals surface area contributed by atoms with Crippen LogP contribution in [0.2, 0.25) is 0 Å². The maximum absolute atomic E-state index is 13.1. The molecule has 6 nitrogen and oxygen atoms in total. The SMILES string of the molecule is CCOC(=O)C(C)N(Cc1ccccc1)C(=O)c1ccc2c(c1)OCO2. The number of carbonyl (C=O) groups excluding carboxylic acids is 2. The maximum atomic E-state index is 13.1. The van der Waals surface area contributed by atoms with E-state index in [-0.39, 0.29) is 19.3 Å². The summed E-state index contributed by atoms with van der Waals surface area (Å²) in [6, 6.07) is 13.8. The van der Waals surface area contributed by atoms with E-state index in [2.05, 4.69) is 0 Å². The molecule has 1 heterocycles. The summed E-state index contributed by atoms with van der Waals surface area (Å²) in [6.07, 6.45) is 0. The highest BCUT2D eigenvalue weighted by molar-refractivity contribution is 5.97. The topological polar surface area (TPSA) is 65.1 Å². The number of fused-ring (bicyclic) bond motifs is 1. The number of esters is 1. The number of hydrogen-bond donors (Lipinski definition) is 0. The second-order valence-electron chi connectivity index (χ2n) is 5.91. The van der Waals surface area contributed by atoms with Crippen molar-refractivity contribution in [3.63, 3.8) is 0 Å². The third kappa shape index (κ3) is 3.79. The van der Waals surface area contributed by atoms with Crippen LogP contribution in [0.25, 0.3) is 0 Å². The Hall–Kier alpha value is -3.02. The monoisotopic (exact) mass is 355 g/mol. The molecule has 26 heavy (non-hydrogen) atoms. The molecule has 2 aromatic rings. The van der Waals surface area contributed by atoms with Crippen molar-refractivity contribution in [1.29, 1.82) is 0 Å². The van der Waals surface area contributed by atoms with Gasteiger partial charge in [-0.15, -0.1) is 0 Å². The minimum Gasteiger partial charge on any atom is -0.464 e. The van der Waals surface area contributed by atoms with Gasteiger partial charge in [0.15, 0.2) is 11.5 Å². The number of ether oxygens (including phenoxy) is 3. The third-order valence-electron chi connectivity index (χ3n) is 4.17. The predicted octanol–water partition coefficient (Wildman–Crippen LogP) is 3.01. The molecule has 1 atom stereocenters.